The summed E-state index contributed by atoms with van der Waals surface area (Å²) in [4.78, 5) is 12.2. The van der Waals surface area contributed by atoms with Crippen LogP contribution in [0.2, 0.25) is 0 Å². The van der Waals surface area contributed by atoms with Crippen LogP contribution in [0.3, 0.4) is 0 Å². The molecule has 3 rings (SSSR count). The summed E-state index contributed by atoms with van der Waals surface area (Å²) in [7, 11) is 1.55. The first-order valence-electron chi connectivity index (χ1n) is 8.55. The number of anilines is 1. The summed E-state index contributed by atoms with van der Waals surface area (Å²) in [5.41, 5.74) is 4.94. The minimum absolute atomic E-state index is 0.0952. The van der Waals surface area contributed by atoms with Gasteiger partial charge in [0.25, 0.3) is 0 Å². The largest absolute Gasteiger partial charge is 0.497 e. The quantitative estimate of drug-likeness (QED) is 0.411. The molecule has 0 atom stereocenters. The van der Waals surface area contributed by atoms with Crippen LogP contribution in [0.4, 0.5) is 18.9 Å². The number of furan rings is 1. The summed E-state index contributed by atoms with van der Waals surface area (Å²) >= 11 is 5.09. The zero-order valence-electron chi connectivity index (χ0n) is 15.5. The van der Waals surface area contributed by atoms with Crippen LogP contribution in [0, 0.1) is 0 Å². The van der Waals surface area contributed by atoms with Crippen molar-refractivity contribution in [2.45, 2.75) is 6.18 Å². The first-order chi connectivity index (χ1) is 14.3. The maximum Gasteiger partial charge on any atom is 0.416 e. The van der Waals surface area contributed by atoms with E-state index in [1.54, 1.807) is 31.4 Å². The molecule has 1 amide bonds. The van der Waals surface area contributed by atoms with Gasteiger partial charge in [-0.25, -0.2) is 0 Å². The number of nitrogens with one attached hydrogen (secondary N) is 3. The number of rotatable bonds is 4. The van der Waals surface area contributed by atoms with Gasteiger partial charge in [-0.2, -0.15) is 13.2 Å². The van der Waals surface area contributed by atoms with Gasteiger partial charge >= 0.3 is 12.1 Å². The Hall–Kier alpha value is -3.53. The van der Waals surface area contributed by atoms with E-state index < -0.39 is 17.6 Å². The first kappa shape index (κ1) is 21.2. The van der Waals surface area contributed by atoms with Crippen LogP contribution >= 0.6 is 12.2 Å². The van der Waals surface area contributed by atoms with Crippen LogP contribution in [0.15, 0.2) is 65.1 Å². The molecular weight excluding hydrogens is 419 g/mol. The molecule has 0 saturated carbocycles. The van der Waals surface area contributed by atoms with Gasteiger partial charge in [-0.05, 0) is 60.7 Å². The lowest BCUT2D eigenvalue weighted by Gasteiger charge is -2.11. The van der Waals surface area contributed by atoms with E-state index in [-0.39, 0.29) is 22.2 Å². The average Bonchev–Trinajstić information content (AvgIpc) is 3.22. The Morgan fingerprint density at radius 1 is 1.03 bits per heavy atom. The van der Waals surface area contributed by atoms with Crippen molar-refractivity contribution in [3.05, 3.63) is 72.0 Å². The lowest BCUT2D eigenvalue weighted by atomic mass is 10.1. The van der Waals surface area contributed by atoms with Crippen molar-refractivity contribution in [1.82, 2.24) is 10.9 Å². The third kappa shape index (κ3) is 5.29. The number of methoxy groups -OCH3 is 1. The number of amides is 1. The molecule has 0 spiro atoms. The first-order valence-corrected chi connectivity index (χ1v) is 8.96. The normalized spacial score (nSPS) is 10.9. The molecule has 30 heavy (non-hydrogen) atoms. The highest BCUT2D eigenvalue weighted by atomic mass is 32.1. The second-order valence-electron chi connectivity index (χ2n) is 6.00. The van der Waals surface area contributed by atoms with Gasteiger partial charge in [0.1, 0.15) is 11.5 Å². The van der Waals surface area contributed by atoms with Crippen molar-refractivity contribution in [2.75, 3.05) is 12.4 Å². The fourth-order valence-electron chi connectivity index (χ4n) is 2.48. The van der Waals surface area contributed by atoms with Crippen molar-refractivity contribution in [3.8, 4) is 17.1 Å². The lowest BCUT2D eigenvalue weighted by Crippen LogP contribution is -2.43. The van der Waals surface area contributed by atoms with Crippen molar-refractivity contribution < 1.29 is 27.1 Å². The highest BCUT2D eigenvalue weighted by Crippen LogP contribution is 2.32. The van der Waals surface area contributed by atoms with Crippen molar-refractivity contribution >= 4 is 28.9 Å². The second-order valence-corrected chi connectivity index (χ2v) is 6.41. The van der Waals surface area contributed by atoms with Crippen molar-refractivity contribution in [1.29, 1.82) is 0 Å². The molecule has 0 radical (unpaired) electrons. The third-order valence-corrected chi connectivity index (χ3v) is 4.15. The zero-order valence-corrected chi connectivity index (χ0v) is 16.4. The van der Waals surface area contributed by atoms with E-state index in [1.165, 1.54) is 24.3 Å². The minimum Gasteiger partial charge on any atom is -0.497 e. The van der Waals surface area contributed by atoms with E-state index in [1.807, 2.05) is 0 Å². The van der Waals surface area contributed by atoms with Crippen LogP contribution in [0.5, 0.6) is 5.75 Å². The van der Waals surface area contributed by atoms with E-state index in [0.717, 1.165) is 12.1 Å². The summed E-state index contributed by atoms with van der Waals surface area (Å²) in [5.74, 6) is 0.0709. The fraction of sp³-hybridized carbons (Fsp3) is 0.100. The summed E-state index contributed by atoms with van der Waals surface area (Å²) in [6, 6.07) is 14.4. The second kappa shape index (κ2) is 8.87. The maximum absolute atomic E-state index is 12.9. The Kier molecular flexibility index (Phi) is 6.26. The van der Waals surface area contributed by atoms with Crippen LogP contribution < -0.4 is 20.9 Å². The molecule has 0 aliphatic carbocycles. The van der Waals surface area contributed by atoms with Gasteiger partial charge < -0.3 is 14.5 Å². The van der Waals surface area contributed by atoms with Crippen LogP contribution in [0.1, 0.15) is 16.1 Å². The molecular formula is C20H16F3N3O3S. The third-order valence-electron chi connectivity index (χ3n) is 3.94. The van der Waals surface area contributed by atoms with Crippen molar-refractivity contribution in [3.63, 3.8) is 0 Å². The molecule has 156 valence electrons. The van der Waals surface area contributed by atoms with Crippen LogP contribution in [-0.4, -0.2) is 18.1 Å². The van der Waals surface area contributed by atoms with E-state index in [2.05, 4.69) is 16.2 Å². The molecule has 3 aromatic rings. The van der Waals surface area contributed by atoms with E-state index in [0.29, 0.717) is 11.4 Å². The number of halogens is 3. The molecule has 2 aromatic carbocycles. The molecule has 0 fully saturated rings. The Bertz CT molecular complexity index is 1050. The molecule has 1 heterocycles. The number of thiocarbonyl (C=S) groups is 1. The van der Waals surface area contributed by atoms with E-state index in [9.17, 15) is 18.0 Å². The Morgan fingerprint density at radius 3 is 2.43 bits per heavy atom. The number of hydrogen-bond donors (Lipinski definition) is 3. The monoisotopic (exact) mass is 435 g/mol. The van der Waals surface area contributed by atoms with Gasteiger partial charge in [0.2, 0.25) is 0 Å². The van der Waals surface area contributed by atoms with Crippen LogP contribution in [0.25, 0.3) is 11.3 Å². The van der Waals surface area contributed by atoms with Gasteiger partial charge in [-0.3, -0.25) is 15.6 Å². The molecule has 10 heteroatoms. The fourth-order valence-corrected chi connectivity index (χ4v) is 2.64. The molecule has 0 aliphatic heterocycles. The molecule has 6 nitrogen and oxygen atoms in total. The minimum atomic E-state index is -4.47. The number of carbonyl (C=O) groups is 1. The Morgan fingerprint density at radius 2 is 1.77 bits per heavy atom. The summed E-state index contributed by atoms with van der Waals surface area (Å²) in [6.07, 6.45) is -4.47. The van der Waals surface area contributed by atoms with Gasteiger partial charge in [-0.15, -0.1) is 0 Å². The van der Waals surface area contributed by atoms with Crippen LogP contribution in [-0.2, 0) is 6.18 Å². The number of hydrogen-bond acceptors (Lipinski definition) is 4. The summed E-state index contributed by atoms with van der Waals surface area (Å²) < 4.78 is 49.0. The van der Waals surface area contributed by atoms with Gasteiger partial charge in [0.15, 0.2) is 10.9 Å². The number of carbonyl (C=O) groups excluding carboxylic acids is 1. The highest BCUT2D eigenvalue weighted by molar-refractivity contribution is 7.80. The number of ether oxygens (including phenoxy) is 1. The number of hydrazine groups is 1. The molecule has 0 saturated heterocycles. The average molecular weight is 435 g/mol. The predicted molar refractivity (Wildman–Crippen MR) is 109 cm³/mol. The van der Waals surface area contributed by atoms with E-state index in [4.69, 9.17) is 21.4 Å². The molecule has 0 unspecified atom stereocenters. The Balaban J connectivity index is 1.59. The molecule has 3 N–H and O–H groups in total. The zero-order chi connectivity index (χ0) is 21.7. The van der Waals surface area contributed by atoms with Gasteiger partial charge in [-0.1, -0.05) is 12.1 Å². The van der Waals surface area contributed by atoms with Gasteiger partial charge in [0, 0.05) is 11.3 Å². The predicted octanol–water partition coefficient (Wildman–Crippen LogP) is 4.61. The lowest BCUT2D eigenvalue weighted by molar-refractivity contribution is -0.137. The van der Waals surface area contributed by atoms with Gasteiger partial charge in [0.05, 0.1) is 12.7 Å². The Labute approximate surface area is 175 Å². The standard InChI is InChI=1S/C20H16F3N3O3S/c1-28-15-7-5-14(6-8-15)24-19(30)26-25-18(27)17-10-9-16(29-17)12-3-2-4-13(11-12)20(21,22)23/h2-11H,1H3,(H,25,27)(H2,24,26,30). The SMILES string of the molecule is COc1ccc(NC(=S)NNC(=O)c2ccc(-c3cccc(C(F)(F)F)c3)o2)cc1. The summed E-state index contributed by atoms with van der Waals surface area (Å²) in [5, 5.41) is 2.99. The smallest absolute Gasteiger partial charge is 0.416 e. The van der Waals surface area contributed by atoms with Crippen molar-refractivity contribution in [2.24, 2.45) is 0 Å². The molecule has 1 aromatic heterocycles. The number of benzene rings is 2. The van der Waals surface area contributed by atoms with E-state index >= 15 is 0 Å². The highest BCUT2D eigenvalue weighted by Gasteiger charge is 2.30. The topological polar surface area (TPSA) is 75.5 Å². The molecule has 0 aliphatic rings. The number of alkyl halides is 3. The maximum atomic E-state index is 12.9. The summed E-state index contributed by atoms with van der Waals surface area (Å²) in [6.45, 7) is 0. The molecule has 0 bridgehead atoms.